The van der Waals surface area contributed by atoms with Crippen LogP contribution in [0, 0.1) is 0 Å². The number of carbonyl (C=O) groups excluding carboxylic acids is 1. The number of hydrogen-bond donors (Lipinski definition) is 2. The molecule has 5 nitrogen and oxygen atoms in total. The maximum Gasteiger partial charge on any atom is 0.352 e. The third-order valence-electron chi connectivity index (χ3n) is 1.52. The van der Waals surface area contributed by atoms with Gasteiger partial charge in [0.15, 0.2) is 11.2 Å². The minimum absolute atomic E-state index is 0.0370. The number of aromatic carboxylic acids is 1. The lowest BCUT2D eigenvalue weighted by Crippen LogP contribution is -2.15. The number of nitrogens with one attached hydrogen (secondary N) is 1. The molecule has 0 aliphatic heterocycles. The number of H-pyrrole nitrogens is 1. The van der Waals surface area contributed by atoms with E-state index in [-0.39, 0.29) is 11.3 Å². The molecule has 1 aromatic heterocycles. The Kier molecular flexibility index (Phi) is 2.27. The van der Waals surface area contributed by atoms with Crippen LogP contribution in [0.25, 0.3) is 0 Å². The number of hydrogen-bond acceptors (Lipinski definition) is 3. The smallest absolute Gasteiger partial charge is 0.352 e. The number of aromatic nitrogens is 1. The Hall–Kier alpha value is -1.91. The third kappa shape index (κ3) is 1.81. The van der Waals surface area contributed by atoms with Gasteiger partial charge in [-0.25, -0.2) is 4.79 Å². The van der Waals surface area contributed by atoms with Crippen molar-refractivity contribution in [3.8, 4) is 0 Å². The van der Waals surface area contributed by atoms with Crippen LogP contribution in [0.3, 0.4) is 0 Å². The molecule has 0 aromatic carbocycles. The number of pyridine rings is 1. The molecule has 0 radical (unpaired) electrons. The van der Waals surface area contributed by atoms with E-state index >= 15 is 0 Å². The van der Waals surface area contributed by atoms with E-state index in [0.717, 1.165) is 12.3 Å². The predicted molar refractivity (Wildman–Crippen MR) is 44.0 cm³/mol. The first-order chi connectivity index (χ1) is 6.02. The van der Waals surface area contributed by atoms with E-state index in [1.54, 1.807) is 0 Å². The fourth-order valence-corrected chi connectivity index (χ4v) is 0.870. The standard InChI is InChI=1S/C8H7NO4/c1-4(10)5-3-9-6(8(12)13)2-7(5)11/h2-3H,1H3,(H,9,11)(H,12,13). The molecule has 1 heterocycles. The zero-order chi connectivity index (χ0) is 10.0. The van der Waals surface area contributed by atoms with Crippen molar-refractivity contribution in [2.75, 3.05) is 0 Å². The van der Waals surface area contributed by atoms with Crippen LogP contribution in [0.1, 0.15) is 27.8 Å². The van der Waals surface area contributed by atoms with Gasteiger partial charge in [0.2, 0.25) is 0 Å². The van der Waals surface area contributed by atoms with Crippen molar-refractivity contribution in [1.29, 1.82) is 0 Å². The molecule has 0 aliphatic rings. The van der Waals surface area contributed by atoms with E-state index in [1.165, 1.54) is 6.92 Å². The second-order valence-corrected chi connectivity index (χ2v) is 2.49. The predicted octanol–water partition coefficient (Wildman–Crippen LogP) is 0.276. The molecular formula is C8H7NO4. The molecule has 0 aliphatic carbocycles. The number of rotatable bonds is 2. The van der Waals surface area contributed by atoms with Crippen LogP contribution in [-0.4, -0.2) is 21.8 Å². The van der Waals surface area contributed by atoms with Crippen molar-refractivity contribution in [2.24, 2.45) is 0 Å². The summed E-state index contributed by atoms with van der Waals surface area (Å²) in [7, 11) is 0. The van der Waals surface area contributed by atoms with E-state index in [1.807, 2.05) is 0 Å². The Balaban J connectivity index is 3.29. The van der Waals surface area contributed by atoms with Crippen LogP contribution in [0.5, 0.6) is 0 Å². The second-order valence-electron chi connectivity index (χ2n) is 2.49. The number of carboxylic acids is 1. The molecule has 0 bridgehead atoms. The summed E-state index contributed by atoms with van der Waals surface area (Å²) in [4.78, 5) is 34.6. The number of aromatic amines is 1. The monoisotopic (exact) mass is 181 g/mol. The zero-order valence-electron chi connectivity index (χ0n) is 6.83. The largest absolute Gasteiger partial charge is 0.477 e. The Morgan fingerprint density at radius 1 is 1.46 bits per heavy atom. The summed E-state index contributed by atoms with van der Waals surface area (Å²) < 4.78 is 0. The van der Waals surface area contributed by atoms with Gasteiger partial charge in [-0.1, -0.05) is 0 Å². The van der Waals surface area contributed by atoms with Crippen molar-refractivity contribution in [3.63, 3.8) is 0 Å². The van der Waals surface area contributed by atoms with Crippen LogP contribution < -0.4 is 5.43 Å². The SMILES string of the molecule is CC(=O)c1c[nH]c(C(=O)O)cc1=O. The highest BCUT2D eigenvalue weighted by molar-refractivity contribution is 5.94. The fraction of sp³-hybridized carbons (Fsp3) is 0.125. The number of ketones is 1. The molecule has 0 fully saturated rings. The Labute approximate surface area is 73.0 Å². The average Bonchev–Trinajstić information content (AvgIpc) is 2.03. The van der Waals surface area contributed by atoms with E-state index in [9.17, 15) is 14.4 Å². The summed E-state index contributed by atoms with van der Waals surface area (Å²) in [5, 5.41) is 8.48. The second kappa shape index (κ2) is 3.22. The Morgan fingerprint density at radius 2 is 2.08 bits per heavy atom. The fourth-order valence-electron chi connectivity index (χ4n) is 0.870. The van der Waals surface area contributed by atoms with Crippen LogP contribution in [0.15, 0.2) is 17.1 Å². The highest BCUT2D eigenvalue weighted by Crippen LogP contribution is 1.94. The van der Waals surface area contributed by atoms with Gasteiger partial charge in [0.25, 0.3) is 0 Å². The van der Waals surface area contributed by atoms with Gasteiger partial charge in [-0.15, -0.1) is 0 Å². The number of carbonyl (C=O) groups is 2. The molecule has 1 rings (SSSR count). The Bertz CT molecular complexity index is 418. The molecule has 2 N–H and O–H groups in total. The van der Waals surface area contributed by atoms with Gasteiger partial charge in [-0.3, -0.25) is 9.59 Å². The van der Waals surface area contributed by atoms with Crippen molar-refractivity contribution >= 4 is 11.8 Å². The highest BCUT2D eigenvalue weighted by Gasteiger charge is 2.08. The van der Waals surface area contributed by atoms with Crippen molar-refractivity contribution in [1.82, 2.24) is 4.98 Å². The summed E-state index contributed by atoms with van der Waals surface area (Å²) in [5.41, 5.74) is -0.844. The van der Waals surface area contributed by atoms with E-state index in [0.29, 0.717) is 0 Å². The van der Waals surface area contributed by atoms with Gasteiger partial charge in [0, 0.05) is 12.3 Å². The van der Waals surface area contributed by atoms with Crippen molar-refractivity contribution in [2.45, 2.75) is 6.92 Å². The molecular weight excluding hydrogens is 174 g/mol. The van der Waals surface area contributed by atoms with Crippen LogP contribution in [0.4, 0.5) is 0 Å². The summed E-state index contributed by atoms with van der Waals surface area (Å²) >= 11 is 0. The first-order valence-corrected chi connectivity index (χ1v) is 3.49. The van der Waals surface area contributed by atoms with Gasteiger partial charge < -0.3 is 10.1 Å². The maximum absolute atomic E-state index is 11.1. The minimum atomic E-state index is -1.23. The highest BCUT2D eigenvalue weighted by atomic mass is 16.4. The summed E-state index contributed by atoms with van der Waals surface area (Å²) in [5.74, 6) is -1.62. The summed E-state index contributed by atoms with van der Waals surface area (Å²) in [6.07, 6.45) is 1.11. The molecule has 0 spiro atoms. The van der Waals surface area contributed by atoms with E-state index in [4.69, 9.17) is 5.11 Å². The van der Waals surface area contributed by atoms with Gasteiger partial charge in [-0.2, -0.15) is 0 Å². The van der Waals surface area contributed by atoms with Crippen LogP contribution in [0.2, 0.25) is 0 Å². The van der Waals surface area contributed by atoms with Gasteiger partial charge >= 0.3 is 5.97 Å². The molecule has 0 saturated heterocycles. The van der Waals surface area contributed by atoms with Gasteiger partial charge in [0.05, 0.1) is 5.56 Å². The topological polar surface area (TPSA) is 87.2 Å². The minimum Gasteiger partial charge on any atom is -0.477 e. The molecule has 5 heteroatoms. The van der Waals surface area contributed by atoms with Gasteiger partial charge in [0.1, 0.15) is 5.69 Å². The lowest BCUT2D eigenvalue weighted by Gasteiger charge is -1.96. The van der Waals surface area contributed by atoms with E-state index in [2.05, 4.69) is 4.98 Å². The van der Waals surface area contributed by atoms with Crippen LogP contribution >= 0.6 is 0 Å². The number of Topliss-reactive ketones (excluding diaryl/α,β-unsaturated/α-hetero) is 1. The third-order valence-corrected chi connectivity index (χ3v) is 1.52. The summed E-state index contributed by atoms with van der Waals surface area (Å²) in [6, 6.07) is 0.888. The average molecular weight is 181 g/mol. The normalized spacial score (nSPS) is 9.62. The van der Waals surface area contributed by atoms with Gasteiger partial charge in [-0.05, 0) is 6.92 Å². The van der Waals surface area contributed by atoms with Crippen LogP contribution in [-0.2, 0) is 0 Å². The Morgan fingerprint density at radius 3 is 2.46 bits per heavy atom. The lowest BCUT2D eigenvalue weighted by atomic mass is 10.2. The molecule has 0 unspecified atom stereocenters. The molecule has 0 atom stereocenters. The van der Waals surface area contributed by atoms with Crippen molar-refractivity contribution in [3.05, 3.63) is 33.7 Å². The first kappa shape index (κ1) is 9.18. The maximum atomic E-state index is 11.1. The molecule has 68 valence electrons. The molecule has 13 heavy (non-hydrogen) atoms. The summed E-state index contributed by atoms with van der Waals surface area (Å²) in [6.45, 7) is 1.24. The molecule has 0 saturated carbocycles. The molecule has 1 aromatic rings. The quantitative estimate of drug-likeness (QED) is 0.641. The number of carboxylic acid groups (broad SMARTS) is 1. The molecule has 0 amide bonds. The van der Waals surface area contributed by atoms with E-state index < -0.39 is 17.2 Å². The van der Waals surface area contributed by atoms with Crippen molar-refractivity contribution < 1.29 is 14.7 Å². The first-order valence-electron chi connectivity index (χ1n) is 3.49. The lowest BCUT2D eigenvalue weighted by molar-refractivity contribution is 0.0689. The zero-order valence-corrected chi connectivity index (χ0v) is 6.83.